The summed E-state index contributed by atoms with van der Waals surface area (Å²) >= 11 is 0. The Labute approximate surface area is 126 Å². The van der Waals surface area contributed by atoms with Gasteiger partial charge >= 0.3 is 5.97 Å². The van der Waals surface area contributed by atoms with Crippen molar-refractivity contribution in [2.24, 2.45) is 5.41 Å². The molecule has 0 bridgehead atoms. The topological polar surface area (TPSA) is 49.3 Å². The van der Waals surface area contributed by atoms with Gasteiger partial charge in [0.15, 0.2) is 0 Å². The molecule has 2 fully saturated rings. The van der Waals surface area contributed by atoms with E-state index >= 15 is 0 Å². The largest absolute Gasteiger partial charge is 0.478 e. The van der Waals surface area contributed by atoms with Crippen molar-refractivity contribution in [3.63, 3.8) is 0 Å². The van der Waals surface area contributed by atoms with Crippen LogP contribution in [0.25, 0.3) is 0 Å². The molecular formula is C18H25NO2. The minimum atomic E-state index is -0.855. The van der Waals surface area contributed by atoms with Gasteiger partial charge in [0, 0.05) is 12.6 Å². The molecule has 2 aliphatic carbocycles. The molecule has 2 aliphatic rings. The van der Waals surface area contributed by atoms with E-state index in [1.165, 1.54) is 56.9 Å². The third-order valence-electron chi connectivity index (χ3n) is 5.51. The summed E-state index contributed by atoms with van der Waals surface area (Å²) in [7, 11) is 0. The molecule has 0 aromatic heterocycles. The van der Waals surface area contributed by atoms with Crippen molar-refractivity contribution in [3.05, 3.63) is 35.4 Å². The van der Waals surface area contributed by atoms with Crippen molar-refractivity contribution < 1.29 is 9.90 Å². The second-order valence-electron chi connectivity index (χ2n) is 6.75. The minimum Gasteiger partial charge on any atom is -0.478 e. The van der Waals surface area contributed by atoms with Crippen LogP contribution >= 0.6 is 0 Å². The van der Waals surface area contributed by atoms with E-state index in [0.717, 1.165) is 6.54 Å². The molecule has 0 heterocycles. The molecule has 114 valence electrons. The molecule has 3 heteroatoms. The Bertz CT molecular complexity index is 488. The van der Waals surface area contributed by atoms with Gasteiger partial charge in [-0.2, -0.15) is 0 Å². The SMILES string of the molecule is O=C(O)c1ccc(CNC2CCCCC23CCCC3)cc1. The predicted octanol–water partition coefficient (Wildman–Crippen LogP) is 3.98. The van der Waals surface area contributed by atoms with E-state index in [4.69, 9.17) is 5.11 Å². The number of aromatic carboxylic acids is 1. The number of hydrogen-bond donors (Lipinski definition) is 2. The molecule has 3 rings (SSSR count). The summed E-state index contributed by atoms with van der Waals surface area (Å²) in [6.07, 6.45) is 11.0. The molecule has 3 nitrogen and oxygen atoms in total. The summed E-state index contributed by atoms with van der Waals surface area (Å²) in [5, 5.41) is 12.7. The fourth-order valence-corrected chi connectivity index (χ4v) is 4.31. The molecule has 1 unspecified atom stereocenters. The van der Waals surface area contributed by atoms with E-state index in [1.807, 2.05) is 12.1 Å². The van der Waals surface area contributed by atoms with Crippen LogP contribution < -0.4 is 5.32 Å². The Kier molecular flexibility index (Phi) is 4.29. The van der Waals surface area contributed by atoms with Gasteiger partial charge in [-0.15, -0.1) is 0 Å². The molecule has 21 heavy (non-hydrogen) atoms. The number of rotatable bonds is 4. The Balaban J connectivity index is 1.62. The third-order valence-corrected chi connectivity index (χ3v) is 5.51. The van der Waals surface area contributed by atoms with Gasteiger partial charge in [-0.1, -0.05) is 37.8 Å². The van der Waals surface area contributed by atoms with Crippen LogP contribution in [0.15, 0.2) is 24.3 Å². The molecule has 0 amide bonds. The Hall–Kier alpha value is -1.35. The zero-order valence-electron chi connectivity index (χ0n) is 12.6. The monoisotopic (exact) mass is 287 g/mol. The molecule has 0 radical (unpaired) electrons. The van der Waals surface area contributed by atoms with Crippen molar-refractivity contribution in [3.8, 4) is 0 Å². The predicted molar refractivity (Wildman–Crippen MR) is 83.4 cm³/mol. The van der Waals surface area contributed by atoms with Gasteiger partial charge in [0.25, 0.3) is 0 Å². The maximum Gasteiger partial charge on any atom is 0.335 e. The maximum absolute atomic E-state index is 10.9. The summed E-state index contributed by atoms with van der Waals surface area (Å²) in [5.74, 6) is -0.855. The Morgan fingerprint density at radius 2 is 1.71 bits per heavy atom. The van der Waals surface area contributed by atoms with Crippen LogP contribution in [0.5, 0.6) is 0 Å². The van der Waals surface area contributed by atoms with E-state index < -0.39 is 5.97 Å². The lowest BCUT2D eigenvalue weighted by molar-refractivity contribution is 0.0697. The number of nitrogens with one attached hydrogen (secondary N) is 1. The first kappa shape index (κ1) is 14.6. The molecule has 1 aromatic rings. The first-order valence-electron chi connectivity index (χ1n) is 8.25. The van der Waals surface area contributed by atoms with Gasteiger partial charge in [-0.05, 0) is 48.8 Å². The average molecular weight is 287 g/mol. The average Bonchev–Trinajstić information content (AvgIpc) is 2.96. The zero-order chi connectivity index (χ0) is 14.7. The highest BCUT2D eigenvalue weighted by Gasteiger charge is 2.42. The Morgan fingerprint density at radius 1 is 1.10 bits per heavy atom. The van der Waals surface area contributed by atoms with Crippen molar-refractivity contribution in [1.82, 2.24) is 5.32 Å². The lowest BCUT2D eigenvalue weighted by atomic mass is 9.69. The zero-order valence-corrected chi connectivity index (χ0v) is 12.6. The summed E-state index contributed by atoms with van der Waals surface area (Å²) in [4.78, 5) is 10.9. The smallest absolute Gasteiger partial charge is 0.335 e. The summed E-state index contributed by atoms with van der Waals surface area (Å²) in [6.45, 7) is 0.853. The van der Waals surface area contributed by atoms with E-state index in [9.17, 15) is 4.79 Å². The Morgan fingerprint density at radius 3 is 2.33 bits per heavy atom. The van der Waals surface area contributed by atoms with Crippen LogP contribution in [-0.4, -0.2) is 17.1 Å². The van der Waals surface area contributed by atoms with Gasteiger partial charge in [0.05, 0.1) is 5.56 Å². The molecule has 0 aliphatic heterocycles. The standard InChI is InChI=1S/C18H25NO2/c20-17(21)15-8-6-14(7-9-15)13-19-16-5-1-2-10-18(16)11-3-4-12-18/h6-9,16,19H,1-5,10-13H2,(H,20,21). The molecule has 2 saturated carbocycles. The molecule has 1 atom stereocenters. The van der Waals surface area contributed by atoms with Gasteiger partial charge in [0.2, 0.25) is 0 Å². The molecule has 1 spiro atoms. The van der Waals surface area contributed by atoms with Crippen molar-refractivity contribution in [2.75, 3.05) is 0 Å². The molecule has 2 N–H and O–H groups in total. The lowest BCUT2D eigenvalue weighted by Gasteiger charge is -2.42. The van der Waals surface area contributed by atoms with Crippen LogP contribution in [0, 0.1) is 5.41 Å². The minimum absolute atomic E-state index is 0.365. The maximum atomic E-state index is 10.9. The quantitative estimate of drug-likeness (QED) is 0.880. The number of carboxylic acid groups (broad SMARTS) is 1. The van der Waals surface area contributed by atoms with E-state index in [0.29, 0.717) is 17.0 Å². The van der Waals surface area contributed by atoms with Crippen LogP contribution in [-0.2, 0) is 6.54 Å². The molecule has 1 aromatic carbocycles. The van der Waals surface area contributed by atoms with Crippen LogP contribution in [0.4, 0.5) is 0 Å². The summed E-state index contributed by atoms with van der Waals surface area (Å²) in [6, 6.07) is 7.91. The number of carboxylic acids is 1. The van der Waals surface area contributed by atoms with Gasteiger partial charge in [-0.25, -0.2) is 4.79 Å². The van der Waals surface area contributed by atoms with E-state index in [2.05, 4.69) is 5.32 Å². The van der Waals surface area contributed by atoms with Crippen molar-refractivity contribution in [1.29, 1.82) is 0 Å². The second-order valence-corrected chi connectivity index (χ2v) is 6.75. The van der Waals surface area contributed by atoms with Gasteiger partial charge < -0.3 is 10.4 Å². The number of hydrogen-bond acceptors (Lipinski definition) is 2. The first-order chi connectivity index (χ1) is 10.2. The van der Waals surface area contributed by atoms with Crippen LogP contribution in [0.3, 0.4) is 0 Å². The first-order valence-corrected chi connectivity index (χ1v) is 8.25. The fraction of sp³-hybridized carbons (Fsp3) is 0.611. The highest BCUT2D eigenvalue weighted by atomic mass is 16.4. The summed E-state index contributed by atoms with van der Waals surface area (Å²) in [5.41, 5.74) is 2.10. The second kappa shape index (κ2) is 6.18. The molecule has 0 saturated heterocycles. The number of carbonyl (C=O) groups is 1. The highest BCUT2D eigenvalue weighted by Crippen LogP contribution is 2.49. The molecular weight excluding hydrogens is 262 g/mol. The number of benzene rings is 1. The van der Waals surface area contributed by atoms with Crippen molar-refractivity contribution in [2.45, 2.75) is 64.0 Å². The van der Waals surface area contributed by atoms with Gasteiger partial charge in [-0.3, -0.25) is 0 Å². The highest BCUT2D eigenvalue weighted by molar-refractivity contribution is 5.87. The van der Waals surface area contributed by atoms with Crippen LogP contribution in [0.2, 0.25) is 0 Å². The fourth-order valence-electron chi connectivity index (χ4n) is 4.31. The third kappa shape index (κ3) is 3.13. The normalized spacial score (nSPS) is 24.3. The van der Waals surface area contributed by atoms with Crippen molar-refractivity contribution >= 4 is 5.97 Å². The van der Waals surface area contributed by atoms with Gasteiger partial charge in [0.1, 0.15) is 0 Å². The van der Waals surface area contributed by atoms with E-state index in [1.54, 1.807) is 12.1 Å². The van der Waals surface area contributed by atoms with E-state index in [-0.39, 0.29) is 0 Å². The van der Waals surface area contributed by atoms with Crippen LogP contribution in [0.1, 0.15) is 67.3 Å². The summed E-state index contributed by atoms with van der Waals surface area (Å²) < 4.78 is 0. The lowest BCUT2D eigenvalue weighted by Crippen LogP contribution is -2.45.